The van der Waals surface area contributed by atoms with E-state index in [0.717, 1.165) is 5.38 Å². The average molecular weight is 764 g/mol. The second-order valence-corrected chi connectivity index (χ2v) is 13.5. The van der Waals surface area contributed by atoms with Crippen molar-refractivity contribution in [2.24, 2.45) is 0 Å². The molecular weight excluding hydrogens is 723 g/mol. The lowest BCUT2D eigenvalue weighted by Crippen LogP contribution is -2.31. The molecule has 14 nitrogen and oxygen atoms in total. The van der Waals surface area contributed by atoms with Crippen molar-refractivity contribution >= 4 is 35.1 Å². The molecule has 3 aliphatic rings. The second kappa shape index (κ2) is 17.6. The fourth-order valence-corrected chi connectivity index (χ4v) is 6.85. The molecule has 0 aromatic carbocycles. The van der Waals surface area contributed by atoms with Crippen molar-refractivity contribution in [3.8, 4) is 27.6 Å². The summed E-state index contributed by atoms with van der Waals surface area (Å²) in [6, 6.07) is 0.743. The molecule has 0 spiro atoms. The summed E-state index contributed by atoms with van der Waals surface area (Å²) in [6.07, 6.45) is -0.0952. The van der Waals surface area contributed by atoms with E-state index in [1.807, 2.05) is 6.92 Å². The van der Waals surface area contributed by atoms with Crippen molar-refractivity contribution in [3.63, 3.8) is 0 Å². The van der Waals surface area contributed by atoms with Gasteiger partial charge in [0, 0.05) is 79.5 Å². The van der Waals surface area contributed by atoms with E-state index in [2.05, 4.69) is 25.6 Å². The van der Waals surface area contributed by atoms with Gasteiger partial charge in [-0.1, -0.05) is 6.92 Å². The fraction of sp³-hybridized carbons (Fsp3) is 0.543. The zero-order valence-electron chi connectivity index (χ0n) is 29.0. The quantitative estimate of drug-likeness (QED) is 0.217. The molecule has 3 saturated heterocycles. The van der Waals surface area contributed by atoms with Crippen LogP contribution < -0.4 is 15.4 Å². The van der Waals surface area contributed by atoms with E-state index in [0.29, 0.717) is 102 Å². The number of carbonyl (C=O) groups is 3. The SMILES string of the molecule is CCCNC(=O)Nc1ncc(-c2cc(C(=O)OC3CCOCC3)cnc2OC2CCOCC2)c(-c2nc(C(F)(F)F)cs2)c1C(=O)OC1CCOCC1. The van der Waals surface area contributed by atoms with E-state index in [1.54, 1.807) is 0 Å². The first-order chi connectivity index (χ1) is 25.6. The van der Waals surface area contributed by atoms with Crippen molar-refractivity contribution in [1.82, 2.24) is 20.3 Å². The van der Waals surface area contributed by atoms with E-state index >= 15 is 0 Å². The minimum atomic E-state index is -4.81. The van der Waals surface area contributed by atoms with Crippen LogP contribution in [-0.2, 0) is 29.9 Å². The molecule has 286 valence electrons. The highest BCUT2D eigenvalue weighted by Gasteiger charge is 2.37. The van der Waals surface area contributed by atoms with Gasteiger partial charge >= 0.3 is 24.1 Å². The molecule has 2 amide bonds. The molecule has 53 heavy (non-hydrogen) atoms. The summed E-state index contributed by atoms with van der Waals surface area (Å²) < 4.78 is 76.2. The Hall–Kier alpha value is -4.39. The maximum absolute atomic E-state index is 14.2. The molecule has 18 heteroatoms. The van der Waals surface area contributed by atoms with Gasteiger partial charge in [0.25, 0.3) is 0 Å². The van der Waals surface area contributed by atoms with Crippen molar-refractivity contribution in [2.75, 3.05) is 51.5 Å². The Bertz CT molecular complexity index is 1760. The van der Waals surface area contributed by atoms with Crippen LogP contribution in [0.3, 0.4) is 0 Å². The largest absolute Gasteiger partial charge is 0.474 e. The van der Waals surface area contributed by atoms with Gasteiger partial charge in [-0.15, -0.1) is 11.3 Å². The summed E-state index contributed by atoms with van der Waals surface area (Å²) in [5, 5.41) is 5.82. The number of esters is 2. The second-order valence-electron chi connectivity index (χ2n) is 12.6. The zero-order valence-corrected chi connectivity index (χ0v) is 29.8. The number of amides is 2. The lowest BCUT2D eigenvalue weighted by Gasteiger charge is -2.26. The van der Waals surface area contributed by atoms with Crippen LogP contribution in [0.5, 0.6) is 5.88 Å². The summed E-state index contributed by atoms with van der Waals surface area (Å²) >= 11 is 0.637. The van der Waals surface area contributed by atoms with E-state index in [9.17, 15) is 27.6 Å². The van der Waals surface area contributed by atoms with Crippen LogP contribution in [0.1, 0.15) is 78.3 Å². The van der Waals surface area contributed by atoms with Crippen molar-refractivity contribution < 1.29 is 56.0 Å². The van der Waals surface area contributed by atoms with Crippen LogP contribution in [0, 0.1) is 0 Å². The molecule has 6 heterocycles. The van der Waals surface area contributed by atoms with Gasteiger partial charge in [0.15, 0.2) is 5.69 Å². The predicted molar refractivity (Wildman–Crippen MR) is 184 cm³/mol. The summed E-state index contributed by atoms with van der Waals surface area (Å²) in [7, 11) is 0. The van der Waals surface area contributed by atoms with E-state index in [4.69, 9.17) is 28.4 Å². The predicted octanol–water partition coefficient (Wildman–Crippen LogP) is 6.05. The number of alkyl halides is 3. The number of ether oxygens (including phenoxy) is 6. The van der Waals surface area contributed by atoms with Crippen LogP contribution >= 0.6 is 11.3 Å². The zero-order chi connectivity index (χ0) is 37.4. The molecule has 0 radical (unpaired) electrons. The molecule has 3 aliphatic heterocycles. The first-order valence-electron chi connectivity index (χ1n) is 17.5. The number of pyridine rings is 2. The molecule has 0 bridgehead atoms. The number of halogens is 3. The Labute approximate surface area is 307 Å². The Balaban J connectivity index is 1.53. The number of nitrogens with zero attached hydrogens (tertiary/aromatic N) is 3. The normalized spacial score (nSPS) is 17.6. The van der Waals surface area contributed by atoms with Gasteiger partial charge < -0.3 is 33.7 Å². The number of anilines is 1. The molecule has 3 fully saturated rings. The van der Waals surface area contributed by atoms with Gasteiger partial charge in [0.05, 0.1) is 45.2 Å². The number of thiazole rings is 1. The highest BCUT2D eigenvalue weighted by atomic mass is 32.1. The highest BCUT2D eigenvalue weighted by molar-refractivity contribution is 7.13. The summed E-state index contributed by atoms with van der Waals surface area (Å²) in [5.41, 5.74) is -1.44. The fourth-order valence-electron chi connectivity index (χ4n) is 5.96. The molecule has 6 rings (SSSR count). The first-order valence-corrected chi connectivity index (χ1v) is 18.4. The van der Waals surface area contributed by atoms with Gasteiger partial charge in [0.1, 0.15) is 34.7 Å². The number of rotatable bonds is 11. The van der Waals surface area contributed by atoms with Crippen molar-refractivity contribution in [1.29, 1.82) is 0 Å². The van der Waals surface area contributed by atoms with Crippen molar-refractivity contribution in [2.45, 2.75) is 76.4 Å². The molecule has 0 atom stereocenters. The lowest BCUT2D eigenvalue weighted by atomic mass is 9.96. The smallest absolute Gasteiger partial charge is 0.434 e. The third kappa shape index (κ3) is 9.78. The monoisotopic (exact) mass is 763 g/mol. The van der Waals surface area contributed by atoms with E-state index in [-0.39, 0.29) is 56.7 Å². The van der Waals surface area contributed by atoms with E-state index in [1.165, 1.54) is 18.5 Å². The summed E-state index contributed by atoms with van der Waals surface area (Å²) in [5.74, 6) is -1.88. The maximum Gasteiger partial charge on any atom is 0.434 e. The molecule has 2 N–H and O–H groups in total. The molecule has 3 aromatic heterocycles. The Morgan fingerprint density at radius 1 is 0.849 bits per heavy atom. The number of carbonyl (C=O) groups excluding carboxylic acids is 3. The standard InChI is InChI=1S/C35H40F3N5O9S/c1-2-9-39-34(46)43-29-28(33(45)52-23-7-14-49-15-8-23)27(31-42-26(19-53-31)35(36,37)38)25(18-40-29)24-16-20(32(44)51-22-5-12-48-13-6-22)17-41-30(24)50-21-3-10-47-11-4-21/h16-19,21-23H,2-15H2,1H3,(H2,39,40,43,46). The third-order valence-corrected chi connectivity index (χ3v) is 9.63. The van der Waals surface area contributed by atoms with Gasteiger partial charge in [0.2, 0.25) is 5.88 Å². The maximum atomic E-state index is 14.2. The highest BCUT2D eigenvalue weighted by Crippen LogP contribution is 2.44. The molecule has 0 unspecified atom stereocenters. The Morgan fingerprint density at radius 2 is 1.45 bits per heavy atom. The average Bonchev–Trinajstić information content (AvgIpc) is 3.66. The first kappa shape index (κ1) is 38.3. The minimum Gasteiger partial charge on any atom is -0.474 e. The van der Waals surface area contributed by atoms with Crippen LogP contribution in [0.25, 0.3) is 21.7 Å². The van der Waals surface area contributed by atoms with Crippen LogP contribution in [0.2, 0.25) is 0 Å². The van der Waals surface area contributed by atoms with Gasteiger partial charge in [-0.05, 0) is 12.5 Å². The Morgan fingerprint density at radius 3 is 2.04 bits per heavy atom. The van der Waals surface area contributed by atoms with Crippen molar-refractivity contribution in [3.05, 3.63) is 40.7 Å². The summed E-state index contributed by atoms with van der Waals surface area (Å²) in [4.78, 5) is 53.5. The van der Waals surface area contributed by atoms with Crippen LogP contribution in [0.15, 0.2) is 23.8 Å². The molecule has 0 aliphatic carbocycles. The number of hydrogen-bond acceptors (Lipinski definition) is 13. The summed E-state index contributed by atoms with van der Waals surface area (Å²) in [6.45, 7) is 4.57. The topological polar surface area (TPSA) is 169 Å². The Kier molecular flexibility index (Phi) is 12.7. The van der Waals surface area contributed by atoms with Gasteiger partial charge in [-0.3, -0.25) is 5.32 Å². The van der Waals surface area contributed by atoms with E-state index < -0.39 is 35.9 Å². The van der Waals surface area contributed by atoms with Crippen LogP contribution in [0.4, 0.5) is 23.8 Å². The van der Waals surface area contributed by atoms with Crippen LogP contribution in [-0.4, -0.2) is 97.4 Å². The number of urea groups is 1. The number of hydrogen-bond donors (Lipinski definition) is 2. The number of aromatic nitrogens is 3. The molecule has 0 saturated carbocycles. The lowest BCUT2D eigenvalue weighted by molar-refractivity contribution is -0.140. The molecular formula is C35H40F3N5O9S. The molecule has 3 aromatic rings. The third-order valence-electron chi connectivity index (χ3n) is 8.77. The number of nitrogens with one attached hydrogen (secondary N) is 2. The van der Waals surface area contributed by atoms with Gasteiger partial charge in [-0.2, -0.15) is 13.2 Å². The minimum absolute atomic E-state index is 0.0272. The van der Waals surface area contributed by atoms with Gasteiger partial charge in [-0.25, -0.2) is 29.3 Å².